The molecule has 1 aromatic carbocycles. The first kappa shape index (κ1) is 11.7. The molecular weight excluding hydrogens is 357 g/mol. The molecule has 0 spiro atoms. The molecule has 0 saturated carbocycles. The standard InChI is InChI=1S/C10H7BrINO/c1-6-2-7(5-13)3-8(10(6)12)9(14)4-11/h2-3H,4H2,1H3. The summed E-state index contributed by atoms with van der Waals surface area (Å²) in [6.07, 6.45) is 0. The quantitative estimate of drug-likeness (QED) is 0.460. The van der Waals surface area contributed by atoms with Crippen LogP contribution in [-0.4, -0.2) is 11.1 Å². The minimum atomic E-state index is 0.00889. The molecule has 0 bridgehead atoms. The number of hydrogen-bond acceptors (Lipinski definition) is 2. The number of rotatable bonds is 2. The highest BCUT2D eigenvalue weighted by Crippen LogP contribution is 2.20. The lowest BCUT2D eigenvalue weighted by Crippen LogP contribution is -2.04. The average molecular weight is 364 g/mol. The highest BCUT2D eigenvalue weighted by molar-refractivity contribution is 14.1. The zero-order chi connectivity index (χ0) is 10.7. The van der Waals surface area contributed by atoms with Crippen molar-refractivity contribution in [3.05, 3.63) is 32.4 Å². The lowest BCUT2D eigenvalue weighted by Gasteiger charge is -2.05. The van der Waals surface area contributed by atoms with Gasteiger partial charge in [-0.2, -0.15) is 5.26 Å². The molecule has 0 N–H and O–H groups in total. The number of aryl methyl sites for hydroxylation is 1. The van der Waals surface area contributed by atoms with Gasteiger partial charge in [-0.1, -0.05) is 15.9 Å². The molecule has 0 aliphatic rings. The van der Waals surface area contributed by atoms with Crippen LogP contribution in [0, 0.1) is 21.8 Å². The van der Waals surface area contributed by atoms with Crippen LogP contribution in [0.4, 0.5) is 0 Å². The molecule has 1 rings (SSSR count). The number of halogens is 2. The first-order valence-electron chi connectivity index (χ1n) is 3.89. The van der Waals surface area contributed by atoms with Crippen LogP contribution in [-0.2, 0) is 0 Å². The summed E-state index contributed by atoms with van der Waals surface area (Å²) in [5.41, 5.74) is 2.13. The van der Waals surface area contributed by atoms with Crippen LogP contribution in [0.2, 0.25) is 0 Å². The SMILES string of the molecule is Cc1cc(C#N)cc(C(=O)CBr)c1I. The van der Waals surface area contributed by atoms with Crippen molar-refractivity contribution in [2.45, 2.75) is 6.92 Å². The fourth-order valence-electron chi connectivity index (χ4n) is 1.11. The number of alkyl halides is 1. The van der Waals surface area contributed by atoms with Crippen molar-refractivity contribution in [3.8, 4) is 6.07 Å². The predicted octanol–water partition coefficient (Wildman–Crippen LogP) is 3.05. The molecule has 0 saturated heterocycles. The topological polar surface area (TPSA) is 40.9 Å². The molecule has 4 heteroatoms. The second-order valence-corrected chi connectivity index (χ2v) is 4.46. The van der Waals surface area contributed by atoms with Gasteiger partial charge in [0.15, 0.2) is 5.78 Å². The summed E-state index contributed by atoms with van der Waals surface area (Å²) in [5.74, 6) is 0.00889. The molecule has 0 fully saturated rings. The zero-order valence-corrected chi connectivity index (χ0v) is 11.2. The normalized spacial score (nSPS) is 9.57. The van der Waals surface area contributed by atoms with Crippen molar-refractivity contribution in [1.29, 1.82) is 5.26 Å². The first-order chi connectivity index (χ1) is 6.60. The Kier molecular flexibility index (Phi) is 4.08. The third-order valence-corrected chi connectivity index (χ3v) is 3.75. The largest absolute Gasteiger partial charge is 0.293 e. The Balaban J connectivity index is 3.36. The van der Waals surface area contributed by atoms with Crippen LogP contribution in [0.1, 0.15) is 21.5 Å². The van der Waals surface area contributed by atoms with Crippen LogP contribution in [0.3, 0.4) is 0 Å². The van der Waals surface area contributed by atoms with E-state index in [1.54, 1.807) is 12.1 Å². The number of hydrogen-bond donors (Lipinski definition) is 0. The summed E-state index contributed by atoms with van der Waals surface area (Å²) in [4.78, 5) is 11.5. The molecule has 0 radical (unpaired) electrons. The fraction of sp³-hybridized carbons (Fsp3) is 0.200. The smallest absolute Gasteiger partial charge is 0.174 e. The maximum atomic E-state index is 11.5. The van der Waals surface area contributed by atoms with E-state index < -0.39 is 0 Å². The number of carbonyl (C=O) groups is 1. The number of benzene rings is 1. The number of nitriles is 1. The van der Waals surface area contributed by atoms with E-state index in [1.807, 2.05) is 13.0 Å². The average Bonchev–Trinajstić information content (AvgIpc) is 2.20. The number of Topliss-reactive ketones (excluding diaryl/α,β-unsaturated/α-hetero) is 1. The van der Waals surface area contributed by atoms with E-state index in [1.165, 1.54) is 0 Å². The van der Waals surface area contributed by atoms with Crippen LogP contribution < -0.4 is 0 Å². The Hall–Kier alpha value is -0.410. The van der Waals surface area contributed by atoms with Gasteiger partial charge in [-0.15, -0.1) is 0 Å². The molecule has 2 nitrogen and oxygen atoms in total. The van der Waals surface area contributed by atoms with Gasteiger partial charge in [0.05, 0.1) is 17.0 Å². The van der Waals surface area contributed by atoms with Gasteiger partial charge in [-0.05, 0) is 47.2 Å². The molecule has 0 heterocycles. The third-order valence-electron chi connectivity index (χ3n) is 1.81. The van der Waals surface area contributed by atoms with Gasteiger partial charge in [-0.3, -0.25) is 4.79 Å². The molecule has 0 atom stereocenters. The van der Waals surface area contributed by atoms with E-state index in [4.69, 9.17) is 5.26 Å². The van der Waals surface area contributed by atoms with Crippen molar-refractivity contribution in [2.24, 2.45) is 0 Å². The van der Waals surface area contributed by atoms with E-state index in [2.05, 4.69) is 38.5 Å². The fourth-order valence-corrected chi connectivity index (χ4v) is 2.02. The van der Waals surface area contributed by atoms with Crippen molar-refractivity contribution >= 4 is 44.3 Å². The lowest BCUT2D eigenvalue weighted by atomic mass is 10.0. The molecule has 0 aromatic heterocycles. The van der Waals surface area contributed by atoms with Gasteiger partial charge in [0.2, 0.25) is 0 Å². The number of ketones is 1. The summed E-state index contributed by atoms with van der Waals surface area (Å²) in [7, 11) is 0. The van der Waals surface area contributed by atoms with E-state index in [9.17, 15) is 4.79 Å². The van der Waals surface area contributed by atoms with E-state index in [-0.39, 0.29) is 11.1 Å². The van der Waals surface area contributed by atoms with Crippen molar-refractivity contribution in [3.63, 3.8) is 0 Å². The predicted molar refractivity (Wildman–Crippen MR) is 66.7 cm³/mol. The minimum absolute atomic E-state index is 0.00889. The van der Waals surface area contributed by atoms with Gasteiger partial charge in [-0.25, -0.2) is 0 Å². The van der Waals surface area contributed by atoms with Crippen molar-refractivity contribution in [2.75, 3.05) is 5.33 Å². The Labute approximate surface area is 105 Å². The van der Waals surface area contributed by atoms with Crippen molar-refractivity contribution < 1.29 is 4.79 Å². The molecule has 0 amide bonds. The zero-order valence-electron chi connectivity index (χ0n) is 7.47. The maximum Gasteiger partial charge on any atom is 0.174 e. The molecule has 1 aromatic rings. The summed E-state index contributed by atoms with van der Waals surface area (Å²) in [5, 5.41) is 9.05. The van der Waals surface area contributed by atoms with E-state index in [0.29, 0.717) is 11.1 Å². The van der Waals surface area contributed by atoms with Crippen LogP contribution >= 0.6 is 38.5 Å². The molecule has 0 unspecified atom stereocenters. The summed E-state index contributed by atoms with van der Waals surface area (Å²) in [6, 6.07) is 5.47. The molecule has 0 aliphatic heterocycles. The second kappa shape index (κ2) is 4.89. The molecular formula is C10H7BrINO. The minimum Gasteiger partial charge on any atom is -0.293 e. The maximum absolute atomic E-state index is 11.5. The van der Waals surface area contributed by atoms with Crippen molar-refractivity contribution in [1.82, 2.24) is 0 Å². The van der Waals surface area contributed by atoms with Gasteiger partial charge in [0.25, 0.3) is 0 Å². The van der Waals surface area contributed by atoms with E-state index in [0.717, 1.165) is 9.13 Å². The Bertz CT molecular complexity index is 423. The molecule has 14 heavy (non-hydrogen) atoms. The van der Waals surface area contributed by atoms with Gasteiger partial charge >= 0.3 is 0 Å². The summed E-state index contributed by atoms with van der Waals surface area (Å²) >= 11 is 5.25. The number of nitrogens with zero attached hydrogens (tertiary/aromatic N) is 1. The summed E-state index contributed by atoms with van der Waals surface area (Å²) < 4.78 is 0.922. The van der Waals surface area contributed by atoms with Crippen LogP contribution in [0.5, 0.6) is 0 Å². The highest BCUT2D eigenvalue weighted by Gasteiger charge is 2.11. The van der Waals surface area contributed by atoms with Gasteiger partial charge in [0.1, 0.15) is 0 Å². The van der Waals surface area contributed by atoms with Crippen LogP contribution in [0.15, 0.2) is 12.1 Å². The summed E-state index contributed by atoms with van der Waals surface area (Å²) in [6.45, 7) is 1.90. The van der Waals surface area contributed by atoms with Gasteiger partial charge < -0.3 is 0 Å². The Morgan fingerprint density at radius 1 is 1.64 bits per heavy atom. The Morgan fingerprint density at radius 2 is 2.29 bits per heavy atom. The molecule has 0 aliphatic carbocycles. The lowest BCUT2D eigenvalue weighted by molar-refractivity contribution is 0.102. The molecule has 72 valence electrons. The second-order valence-electron chi connectivity index (χ2n) is 2.82. The first-order valence-corrected chi connectivity index (χ1v) is 6.09. The monoisotopic (exact) mass is 363 g/mol. The van der Waals surface area contributed by atoms with E-state index >= 15 is 0 Å². The van der Waals surface area contributed by atoms with Gasteiger partial charge in [0, 0.05) is 9.13 Å². The number of carbonyl (C=O) groups excluding carboxylic acids is 1. The van der Waals surface area contributed by atoms with Crippen LogP contribution in [0.25, 0.3) is 0 Å². The highest BCUT2D eigenvalue weighted by atomic mass is 127. The third kappa shape index (κ3) is 2.34. The Morgan fingerprint density at radius 3 is 2.79 bits per heavy atom.